The lowest BCUT2D eigenvalue weighted by Gasteiger charge is -2.36. The number of rotatable bonds is 3. The van der Waals surface area contributed by atoms with E-state index < -0.39 is 0 Å². The predicted molar refractivity (Wildman–Crippen MR) is 89.9 cm³/mol. The molecule has 0 N–H and O–H groups in total. The highest BCUT2D eigenvalue weighted by Gasteiger charge is 2.27. The lowest BCUT2D eigenvalue weighted by molar-refractivity contribution is 0.644. The Morgan fingerprint density at radius 3 is 2.50 bits per heavy atom. The SMILES string of the molecule is Clc1cccc(N2CCN(c3ccnc(C4CC4)n3)CC2)c1. The maximum atomic E-state index is 6.09. The molecule has 0 amide bonds. The van der Waals surface area contributed by atoms with Gasteiger partial charge in [-0.1, -0.05) is 17.7 Å². The van der Waals surface area contributed by atoms with Crippen LogP contribution >= 0.6 is 11.6 Å². The van der Waals surface area contributed by atoms with Crippen LogP contribution in [0.3, 0.4) is 0 Å². The van der Waals surface area contributed by atoms with E-state index in [0.717, 1.165) is 42.8 Å². The number of hydrogen-bond acceptors (Lipinski definition) is 4. The van der Waals surface area contributed by atoms with E-state index in [4.69, 9.17) is 16.6 Å². The predicted octanol–water partition coefficient (Wildman–Crippen LogP) is 3.33. The lowest BCUT2D eigenvalue weighted by Crippen LogP contribution is -2.46. The van der Waals surface area contributed by atoms with E-state index in [2.05, 4.69) is 20.9 Å². The largest absolute Gasteiger partial charge is 0.368 e. The van der Waals surface area contributed by atoms with Gasteiger partial charge in [0, 0.05) is 49.0 Å². The number of aromatic nitrogens is 2. The smallest absolute Gasteiger partial charge is 0.133 e. The van der Waals surface area contributed by atoms with Gasteiger partial charge in [0.05, 0.1) is 0 Å². The van der Waals surface area contributed by atoms with Crippen LogP contribution in [0.25, 0.3) is 0 Å². The van der Waals surface area contributed by atoms with Crippen molar-refractivity contribution in [2.75, 3.05) is 36.0 Å². The van der Waals surface area contributed by atoms with E-state index in [0.29, 0.717) is 5.92 Å². The highest BCUT2D eigenvalue weighted by Crippen LogP contribution is 2.38. The van der Waals surface area contributed by atoms with Crippen LogP contribution in [0.15, 0.2) is 36.5 Å². The van der Waals surface area contributed by atoms with E-state index >= 15 is 0 Å². The maximum Gasteiger partial charge on any atom is 0.133 e. The van der Waals surface area contributed by atoms with Crippen molar-refractivity contribution in [2.24, 2.45) is 0 Å². The number of nitrogens with zero attached hydrogens (tertiary/aromatic N) is 4. The number of piperazine rings is 1. The summed E-state index contributed by atoms with van der Waals surface area (Å²) in [5, 5.41) is 0.796. The van der Waals surface area contributed by atoms with Crippen LogP contribution in [-0.4, -0.2) is 36.1 Å². The van der Waals surface area contributed by atoms with Crippen LogP contribution in [0, 0.1) is 0 Å². The zero-order valence-electron chi connectivity index (χ0n) is 12.5. The van der Waals surface area contributed by atoms with Crippen molar-refractivity contribution in [3.63, 3.8) is 0 Å². The highest BCUT2D eigenvalue weighted by molar-refractivity contribution is 6.30. The number of benzene rings is 1. The average Bonchev–Trinajstić information content (AvgIpc) is 3.40. The van der Waals surface area contributed by atoms with E-state index in [1.807, 2.05) is 30.5 Å². The first kappa shape index (κ1) is 13.8. The second-order valence-electron chi connectivity index (χ2n) is 6.00. The topological polar surface area (TPSA) is 32.3 Å². The summed E-state index contributed by atoms with van der Waals surface area (Å²) in [6.07, 6.45) is 4.39. The molecule has 0 spiro atoms. The fourth-order valence-corrected chi connectivity index (χ4v) is 3.13. The Bertz CT molecular complexity index is 663. The van der Waals surface area contributed by atoms with Crippen molar-refractivity contribution in [1.29, 1.82) is 0 Å². The Balaban J connectivity index is 1.44. The molecule has 5 heteroatoms. The monoisotopic (exact) mass is 314 g/mol. The molecule has 114 valence electrons. The van der Waals surface area contributed by atoms with Crippen LogP contribution in [0.2, 0.25) is 5.02 Å². The van der Waals surface area contributed by atoms with E-state index in [1.165, 1.54) is 18.5 Å². The Kier molecular flexibility index (Phi) is 3.62. The van der Waals surface area contributed by atoms with Gasteiger partial charge in [-0.05, 0) is 37.1 Å². The minimum absolute atomic E-state index is 0.604. The zero-order chi connectivity index (χ0) is 14.9. The van der Waals surface area contributed by atoms with Gasteiger partial charge in [0.15, 0.2) is 0 Å². The van der Waals surface area contributed by atoms with Crippen molar-refractivity contribution in [3.05, 3.63) is 47.4 Å². The van der Waals surface area contributed by atoms with Crippen LogP contribution in [0.1, 0.15) is 24.6 Å². The quantitative estimate of drug-likeness (QED) is 0.870. The van der Waals surface area contributed by atoms with Crippen molar-refractivity contribution >= 4 is 23.1 Å². The van der Waals surface area contributed by atoms with Crippen molar-refractivity contribution < 1.29 is 0 Å². The summed E-state index contributed by atoms with van der Waals surface area (Å²) < 4.78 is 0. The summed E-state index contributed by atoms with van der Waals surface area (Å²) in [7, 11) is 0. The van der Waals surface area contributed by atoms with Gasteiger partial charge >= 0.3 is 0 Å². The van der Waals surface area contributed by atoms with Gasteiger partial charge in [-0.3, -0.25) is 0 Å². The molecule has 2 fully saturated rings. The fourth-order valence-electron chi connectivity index (χ4n) is 2.94. The molecule has 1 aliphatic heterocycles. The third-order valence-corrected chi connectivity index (χ3v) is 4.61. The summed E-state index contributed by atoms with van der Waals surface area (Å²) in [6.45, 7) is 3.94. The van der Waals surface area contributed by atoms with Gasteiger partial charge in [-0.25, -0.2) is 9.97 Å². The zero-order valence-corrected chi connectivity index (χ0v) is 13.2. The number of anilines is 2. The van der Waals surface area contributed by atoms with Crippen molar-refractivity contribution in [3.8, 4) is 0 Å². The molecular formula is C17H19ClN4. The molecule has 4 nitrogen and oxygen atoms in total. The molecule has 2 aromatic rings. The van der Waals surface area contributed by atoms with Crippen molar-refractivity contribution in [2.45, 2.75) is 18.8 Å². The van der Waals surface area contributed by atoms with E-state index in [1.54, 1.807) is 0 Å². The Morgan fingerprint density at radius 1 is 1.00 bits per heavy atom. The molecule has 1 aromatic heterocycles. The second kappa shape index (κ2) is 5.76. The van der Waals surface area contributed by atoms with Gasteiger partial charge in [0.2, 0.25) is 0 Å². The standard InChI is InChI=1S/C17H19ClN4/c18-14-2-1-3-15(12-14)21-8-10-22(11-9-21)16-6-7-19-17(20-16)13-4-5-13/h1-3,6-7,12-13H,4-5,8-11H2. The lowest BCUT2D eigenvalue weighted by atomic mass is 10.2. The Morgan fingerprint density at radius 2 is 1.77 bits per heavy atom. The Hall–Kier alpha value is -1.81. The molecule has 22 heavy (non-hydrogen) atoms. The van der Waals surface area contributed by atoms with Gasteiger partial charge in [-0.15, -0.1) is 0 Å². The molecule has 4 rings (SSSR count). The highest BCUT2D eigenvalue weighted by atomic mass is 35.5. The molecule has 0 radical (unpaired) electrons. The van der Waals surface area contributed by atoms with E-state index in [-0.39, 0.29) is 0 Å². The molecule has 2 heterocycles. The number of hydrogen-bond donors (Lipinski definition) is 0. The third-order valence-electron chi connectivity index (χ3n) is 4.38. The van der Waals surface area contributed by atoms with Gasteiger partial charge < -0.3 is 9.80 Å². The van der Waals surface area contributed by atoms with Gasteiger partial charge in [0.1, 0.15) is 11.6 Å². The summed E-state index contributed by atoms with van der Waals surface area (Å²) >= 11 is 6.09. The van der Waals surface area contributed by atoms with Crippen LogP contribution in [-0.2, 0) is 0 Å². The minimum Gasteiger partial charge on any atom is -0.368 e. The molecule has 1 aliphatic carbocycles. The molecule has 2 aliphatic rings. The summed E-state index contributed by atoms with van der Waals surface area (Å²) in [4.78, 5) is 13.9. The molecule has 1 saturated heterocycles. The van der Waals surface area contributed by atoms with Crippen LogP contribution in [0.5, 0.6) is 0 Å². The van der Waals surface area contributed by atoms with E-state index in [9.17, 15) is 0 Å². The molecule has 0 atom stereocenters. The average molecular weight is 315 g/mol. The molecule has 1 aromatic carbocycles. The minimum atomic E-state index is 0.604. The molecule has 0 unspecified atom stereocenters. The summed E-state index contributed by atoms with van der Waals surface area (Å²) in [5.74, 6) is 2.70. The first-order chi connectivity index (χ1) is 10.8. The second-order valence-corrected chi connectivity index (χ2v) is 6.44. The maximum absolute atomic E-state index is 6.09. The molecule has 0 bridgehead atoms. The molecular weight excluding hydrogens is 296 g/mol. The van der Waals surface area contributed by atoms with Gasteiger partial charge in [-0.2, -0.15) is 0 Å². The van der Waals surface area contributed by atoms with Gasteiger partial charge in [0.25, 0.3) is 0 Å². The molecule has 1 saturated carbocycles. The van der Waals surface area contributed by atoms with Crippen molar-refractivity contribution in [1.82, 2.24) is 9.97 Å². The first-order valence-corrected chi connectivity index (χ1v) is 8.26. The number of halogens is 1. The summed E-state index contributed by atoms with van der Waals surface area (Å²) in [6, 6.07) is 10.1. The summed E-state index contributed by atoms with van der Waals surface area (Å²) in [5.41, 5.74) is 1.20. The van der Waals surface area contributed by atoms with Crippen LogP contribution in [0.4, 0.5) is 11.5 Å². The third kappa shape index (κ3) is 2.88. The van der Waals surface area contributed by atoms with Crippen LogP contribution < -0.4 is 9.80 Å². The fraction of sp³-hybridized carbons (Fsp3) is 0.412. The normalized spacial score (nSPS) is 18.6. The first-order valence-electron chi connectivity index (χ1n) is 7.88. The Labute approximate surface area is 135 Å².